The molecule has 1 aliphatic rings. The first-order chi connectivity index (χ1) is 8.10. The Bertz CT molecular complexity index is 391. The highest BCUT2D eigenvalue weighted by atomic mass is 35.5. The lowest BCUT2D eigenvalue weighted by molar-refractivity contribution is 0.715. The molecule has 0 aromatic carbocycles. The Morgan fingerprint density at radius 2 is 1.82 bits per heavy atom. The summed E-state index contributed by atoms with van der Waals surface area (Å²) in [5.74, 6) is 2.09. The van der Waals surface area contributed by atoms with E-state index in [0.717, 1.165) is 19.0 Å². The van der Waals surface area contributed by atoms with Crippen molar-refractivity contribution in [2.24, 2.45) is 5.92 Å². The molecule has 0 atom stereocenters. The summed E-state index contributed by atoms with van der Waals surface area (Å²) < 4.78 is 0. The van der Waals surface area contributed by atoms with Crippen molar-refractivity contribution in [2.45, 2.75) is 19.8 Å². The van der Waals surface area contributed by atoms with Gasteiger partial charge in [-0.05, 0) is 37.3 Å². The Labute approximate surface area is 107 Å². The second-order valence-electron chi connectivity index (χ2n) is 4.58. The molecule has 6 heteroatoms. The van der Waals surface area contributed by atoms with Crippen LogP contribution in [0.4, 0.5) is 11.9 Å². The smallest absolute Gasteiger partial charge is 0.231 e. The Morgan fingerprint density at radius 1 is 1.18 bits per heavy atom. The van der Waals surface area contributed by atoms with Crippen molar-refractivity contribution in [3.63, 3.8) is 0 Å². The molecule has 2 rings (SSSR count). The number of hydrogen-bond donors (Lipinski definition) is 0. The summed E-state index contributed by atoms with van der Waals surface area (Å²) in [6, 6.07) is 0. The molecule has 0 amide bonds. The Hall–Kier alpha value is -1.10. The topological polar surface area (TPSA) is 45.2 Å². The van der Waals surface area contributed by atoms with Crippen molar-refractivity contribution in [1.29, 1.82) is 0 Å². The molecule has 0 aliphatic heterocycles. The van der Waals surface area contributed by atoms with Gasteiger partial charge in [0.25, 0.3) is 0 Å². The summed E-state index contributed by atoms with van der Waals surface area (Å²) in [7, 11) is 3.79. The summed E-state index contributed by atoms with van der Waals surface area (Å²) in [6.45, 7) is 4.02. The molecule has 1 aromatic rings. The van der Waals surface area contributed by atoms with Crippen LogP contribution in [0.15, 0.2) is 0 Å². The number of nitrogens with zero attached hydrogens (tertiary/aromatic N) is 5. The third kappa shape index (κ3) is 3.19. The summed E-state index contributed by atoms with van der Waals surface area (Å²) in [4.78, 5) is 16.7. The third-order valence-electron chi connectivity index (χ3n) is 2.82. The number of halogens is 1. The van der Waals surface area contributed by atoms with E-state index < -0.39 is 0 Å². The van der Waals surface area contributed by atoms with Gasteiger partial charge in [-0.25, -0.2) is 0 Å². The van der Waals surface area contributed by atoms with E-state index in [1.807, 2.05) is 19.0 Å². The van der Waals surface area contributed by atoms with Crippen LogP contribution in [0.5, 0.6) is 0 Å². The van der Waals surface area contributed by atoms with E-state index >= 15 is 0 Å². The molecule has 1 aromatic heterocycles. The zero-order valence-electron chi connectivity index (χ0n) is 10.5. The van der Waals surface area contributed by atoms with Crippen molar-refractivity contribution < 1.29 is 0 Å². The van der Waals surface area contributed by atoms with Crippen LogP contribution >= 0.6 is 11.6 Å². The summed E-state index contributed by atoms with van der Waals surface area (Å²) >= 11 is 5.93. The molecule has 5 nitrogen and oxygen atoms in total. The molecule has 1 saturated carbocycles. The van der Waals surface area contributed by atoms with Gasteiger partial charge in [0.2, 0.25) is 17.2 Å². The minimum Gasteiger partial charge on any atom is -0.347 e. The minimum atomic E-state index is 0.257. The van der Waals surface area contributed by atoms with E-state index in [1.54, 1.807) is 0 Å². The highest BCUT2D eigenvalue weighted by molar-refractivity contribution is 6.28. The van der Waals surface area contributed by atoms with Crippen LogP contribution in [0.1, 0.15) is 19.8 Å². The van der Waals surface area contributed by atoms with E-state index in [4.69, 9.17) is 11.6 Å². The first-order valence-electron chi connectivity index (χ1n) is 5.94. The first-order valence-corrected chi connectivity index (χ1v) is 6.31. The van der Waals surface area contributed by atoms with Gasteiger partial charge in [-0.2, -0.15) is 15.0 Å². The summed E-state index contributed by atoms with van der Waals surface area (Å²) in [5.41, 5.74) is 0. The lowest BCUT2D eigenvalue weighted by atomic mass is 10.4. The molecule has 0 radical (unpaired) electrons. The van der Waals surface area contributed by atoms with Gasteiger partial charge in [-0.1, -0.05) is 0 Å². The Morgan fingerprint density at radius 3 is 2.35 bits per heavy atom. The fourth-order valence-corrected chi connectivity index (χ4v) is 1.79. The fourth-order valence-electron chi connectivity index (χ4n) is 1.64. The highest BCUT2D eigenvalue weighted by Gasteiger charge is 2.25. The van der Waals surface area contributed by atoms with Crippen molar-refractivity contribution in [3.05, 3.63) is 5.28 Å². The van der Waals surface area contributed by atoms with E-state index in [-0.39, 0.29) is 5.28 Å². The molecule has 0 N–H and O–H groups in total. The van der Waals surface area contributed by atoms with Crippen molar-refractivity contribution in [3.8, 4) is 0 Å². The van der Waals surface area contributed by atoms with Gasteiger partial charge in [0.15, 0.2) is 0 Å². The lowest BCUT2D eigenvalue weighted by Gasteiger charge is -2.21. The Kier molecular flexibility index (Phi) is 3.66. The number of aromatic nitrogens is 3. The van der Waals surface area contributed by atoms with E-state index in [0.29, 0.717) is 11.9 Å². The molecule has 1 heterocycles. The highest BCUT2D eigenvalue weighted by Crippen LogP contribution is 2.30. The number of rotatable bonds is 5. The molecular weight excluding hydrogens is 238 g/mol. The normalized spacial score (nSPS) is 14.8. The largest absolute Gasteiger partial charge is 0.347 e. The molecule has 94 valence electrons. The molecule has 1 aliphatic carbocycles. The molecule has 0 unspecified atom stereocenters. The zero-order valence-corrected chi connectivity index (χ0v) is 11.3. The number of hydrogen-bond acceptors (Lipinski definition) is 5. The lowest BCUT2D eigenvalue weighted by Crippen LogP contribution is -2.28. The second kappa shape index (κ2) is 5.04. The molecule has 0 spiro atoms. The average Bonchev–Trinajstić information content (AvgIpc) is 3.08. The van der Waals surface area contributed by atoms with Crippen LogP contribution in [0.3, 0.4) is 0 Å². The van der Waals surface area contributed by atoms with Crippen LogP contribution < -0.4 is 9.80 Å². The van der Waals surface area contributed by atoms with Gasteiger partial charge < -0.3 is 9.80 Å². The van der Waals surface area contributed by atoms with Gasteiger partial charge in [0, 0.05) is 27.2 Å². The number of anilines is 2. The quantitative estimate of drug-likeness (QED) is 0.803. The van der Waals surface area contributed by atoms with Crippen LogP contribution in [-0.4, -0.2) is 42.1 Å². The molecule has 0 saturated heterocycles. The fraction of sp³-hybridized carbons (Fsp3) is 0.727. The van der Waals surface area contributed by atoms with Gasteiger partial charge in [-0.15, -0.1) is 0 Å². The van der Waals surface area contributed by atoms with Crippen molar-refractivity contribution in [1.82, 2.24) is 15.0 Å². The van der Waals surface area contributed by atoms with E-state index in [2.05, 4.69) is 26.8 Å². The maximum atomic E-state index is 5.93. The van der Waals surface area contributed by atoms with Crippen molar-refractivity contribution >= 4 is 23.5 Å². The first kappa shape index (κ1) is 12.4. The van der Waals surface area contributed by atoms with Crippen LogP contribution in [-0.2, 0) is 0 Å². The predicted octanol–water partition coefficient (Wildman–Crippen LogP) is 1.83. The van der Waals surface area contributed by atoms with Gasteiger partial charge >= 0.3 is 0 Å². The monoisotopic (exact) mass is 255 g/mol. The van der Waals surface area contributed by atoms with Crippen LogP contribution in [0, 0.1) is 5.92 Å². The maximum Gasteiger partial charge on any atom is 0.231 e. The SMILES string of the molecule is CCN(CC1CC1)c1nc(Cl)nc(N(C)C)n1. The van der Waals surface area contributed by atoms with Crippen LogP contribution in [0.25, 0.3) is 0 Å². The second-order valence-corrected chi connectivity index (χ2v) is 4.92. The summed E-state index contributed by atoms with van der Waals surface area (Å²) in [5, 5.41) is 0.257. The molecular formula is C11H18ClN5. The van der Waals surface area contributed by atoms with Gasteiger partial charge in [-0.3, -0.25) is 0 Å². The van der Waals surface area contributed by atoms with Gasteiger partial charge in [0.05, 0.1) is 0 Å². The minimum absolute atomic E-state index is 0.257. The zero-order chi connectivity index (χ0) is 12.4. The molecule has 1 fully saturated rings. The maximum absolute atomic E-state index is 5.93. The van der Waals surface area contributed by atoms with Gasteiger partial charge in [0.1, 0.15) is 0 Å². The van der Waals surface area contributed by atoms with E-state index in [9.17, 15) is 0 Å². The van der Waals surface area contributed by atoms with E-state index in [1.165, 1.54) is 12.8 Å². The predicted molar refractivity (Wildman–Crippen MR) is 69.8 cm³/mol. The van der Waals surface area contributed by atoms with Crippen molar-refractivity contribution in [2.75, 3.05) is 37.0 Å². The Balaban J connectivity index is 2.21. The standard InChI is InChI=1S/C11H18ClN5/c1-4-17(7-8-5-6-8)11-14-9(12)13-10(15-11)16(2)3/h8H,4-7H2,1-3H3. The summed E-state index contributed by atoms with van der Waals surface area (Å²) in [6.07, 6.45) is 2.63. The third-order valence-corrected chi connectivity index (χ3v) is 2.99. The molecule has 0 bridgehead atoms. The average molecular weight is 256 g/mol. The molecule has 17 heavy (non-hydrogen) atoms. The van der Waals surface area contributed by atoms with Crippen LogP contribution in [0.2, 0.25) is 5.28 Å².